The fourth-order valence-electron chi connectivity index (χ4n) is 5.00. The Morgan fingerprint density at radius 2 is 1.76 bits per heavy atom. The van der Waals surface area contributed by atoms with Gasteiger partial charge in [0.25, 0.3) is 0 Å². The Labute approximate surface area is 169 Å². The van der Waals surface area contributed by atoms with E-state index in [2.05, 4.69) is 4.40 Å². The molecule has 2 aliphatic heterocycles. The van der Waals surface area contributed by atoms with Gasteiger partial charge >= 0.3 is 10.2 Å². The van der Waals surface area contributed by atoms with E-state index in [1.807, 2.05) is 60.7 Å². The zero-order chi connectivity index (χ0) is 20.2. The summed E-state index contributed by atoms with van der Waals surface area (Å²) in [6.07, 6.45) is 1.62. The maximum Gasteiger partial charge on any atom is 0.327 e. The Morgan fingerprint density at radius 1 is 1.10 bits per heavy atom. The van der Waals surface area contributed by atoms with Crippen molar-refractivity contribution in [3.63, 3.8) is 0 Å². The first-order chi connectivity index (χ1) is 14.0. The highest BCUT2D eigenvalue weighted by molar-refractivity contribution is 7.88. The minimum atomic E-state index is -3.92. The number of ether oxygens (including phenoxy) is 1. The first kappa shape index (κ1) is 18.3. The number of carbonyl (C=O) groups is 1. The van der Waals surface area contributed by atoms with Crippen molar-refractivity contribution >= 4 is 21.9 Å². The molecule has 0 radical (unpaired) electrons. The van der Waals surface area contributed by atoms with E-state index in [-0.39, 0.29) is 24.8 Å². The van der Waals surface area contributed by atoms with Crippen LogP contribution in [0.5, 0.6) is 0 Å². The van der Waals surface area contributed by atoms with Crippen LogP contribution in [0.3, 0.4) is 0 Å². The largest absolute Gasteiger partial charge is 0.479 e. The molecule has 0 bridgehead atoms. The molecule has 3 aliphatic rings. The highest BCUT2D eigenvalue weighted by Gasteiger charge is 2.69. The lowest BCUT2D eigenvalue weighted by atomic mass is 9.71. The van der Waals surface area contributed by atoms with E-state index in [4.69, 9.17) is 4.74 Å². The van der Waals surface area contributed by atoms with Crippen LogP contribution in [0.25, 0.3) is 0 Å². The molecule has 6 nitrogen and oxygen atoms in total. The average molecular weight is 408 g/mol. The zero-order valence-corrected chi connectivity index (χ0v) is 16.7. The summed E-state index contributed by atoms with van der Waals surface area (Å²) >= 11 is 0. The van der Waals surface area contributed by atoms with Crippen LogP contribution in [0.2, 0.25) is 0 Å². The van der Waals surface area contributed by atoms with E-state index in [0.29, 0.717) is 0 Å². The monoisotopic (exact) mass is 408 g/mol. The van der Waals surface area contributed by atoms with E-state index in [9.17, 15) is 13.2 Å². The number of hydrogen-bond donors (Lipinski definition) is 0. The van der Waals surface area contributed by atoms with Crippen LogP contribution in [0.1, 0.15) is 24.0 Å². The quantitative estimate of drug-likeness (QED) is 0.783. The van der Waals surface area contributed by atoms with Crippen molar-refractivity contribution in [2.24, 2.45) is 10.3 Å². The molecular weight excluding hydrogens is 388 g/mol. The number of nitrogens with zero attached hydrogens (tertiary/aromatic N) is 2. The number of allylic oxidation sites excluding steroid dienone is 1. The number of ketones is 1. The Balaban J connectivity index is 1.80. The molecule has 0 spiro atoms. The third-order valence-corrected chi connectivity index (χ3v) is 7.36. The lowest BCUT2D eigenvalue weighted by molar-refractivity contribution is -0.116. The van der Waals surface area contributed by atoms with E-state index in [1.54, 1.807) is 13.0 Å². The van der Waals surface area contributed by atoms with E-state index >= 15 is 0 Å². The molecule has 1 saturated heterocycles. The van der Waals surface area contributed by atoms with Gasteiger partial charge in [0, 0.05) is 12.5 Å². The molecule has 1 fully saturated rings. The fraction of sp³-hybridized carbons (Fsp3) is 0.273. The molecule has 0 saturated carbocycles. The summed E-state index contributed by atoms with van der Waals surface area (Å²) in [6, 6.07) is 18.9. The van der Waals surface area contributed by atoms with Gasteiger partial charge in [-0.3, -0.25) is 4.79 Å². The lowest BCUT2D eigenvalue weighted by Gasteiger charge is -2.38. The SMILES string of the molecule is CCOC1=NS(=O)(=O)N2CC3=CC(=O)[C@@H](c4ccccc4)[C@@H]3[C@]12c1ccccc1. The fourth-order valence-corrected chi connectivity index (χ4v) is 6.47. The van der Waals surface area contributed by atoms with Gasteiger partial charge in [0.05, 0.1) is 12.5 Å². The molecule has 0 N–H and O–H groups in total. The normalized spacial score (nSPS) is 29.9. The zero-order valence-electron chi connectivity index (χ0n) is 15.9. The summed E-state index contributed by atoms with van der Waals surface area (Å²) in [5.41, 5.74) is 1.28. The van der Waals surface area contributed by atoms with Gasteiger partial charge in [0.15, 0.2) is 5.78 Å². The van der Waals surface area contributed by atoms with Crippen molar-refractivity contribution in [1.82, 2.24) is 4.31 Å². The van der Waals surface area contributed by atoms with Crippen molar-refractivity contribution in [2.75, 3.05) is 13.2 Å². The summed E-state index contributed by atoms with van der Waals surface area (Å²) in [6.45, 7) is 2.22. The van der Waals surface area contributed by atoms with Crippen LogP contribution in [0.4, 0.5) is 0 Å². The molecular formula is C22H20N2O4S. The minimum absolute atomic E-state index is 0.00805. The number of rotatable bonds is 3. The van der Waals surface area contributed by atoms with Gasteiger partial charge in [-0.05, 0) is 29.7 Å². The minimum Gasteiger partial charge on any atom is -0.479 e. The lowest BCUT2D eigenvalue weighted by Crippen LogP contribution is -2.51. The molecule has 2 heterocycles. The predicted octanol–water partition coefficient (Wildman–Crippen LogP) is 2.80. The van der Waals surface area contributed by atoms with Gasteiger partial charge in [-0.15, -0.1) is 4.40 Å². The van der Waals surface area contributed by atoms with Gasteiger partial charge in [0.2, 0.25) is 5.90 Å². The summed E-state index contributed by atoms with van der Waals surface area (Å²) in [4.78, 5) is 13.1. The predicted molar refractivity (Wildman–Crippen MR) is 109 cm³/mol. The second-order valence-electron chi connectivity index (χ2n) is 7.43. The van der Waals surface area contributed by atoms with E-state index < -0.39 is 27.6 Å². The molecule has 1 aliphatic carbocycles. The highest BCUT2D eigenvalue weighted by atomic mass is 32.2. The molecule has 148 valence electrons. The summed E-state index contributed by atoms with van der Waals surface area (Å²) < 4.78 is 37.3. The molecule has 3 atom stereocenters. The Hall–Kier alpha value is -2.77. The number of hydrogen-bond acceptors (Lipinski definition) is 4. The molecule has 0 aromatic heterocycles. The highest BCUT2D eigenvalue weighted by Crippen LogP contribution is 2.59. The third-order valence-electron chi connectivity index (χ3n) is 5.99. The Bertz CT molecular complexity index is 1140. The smallest absolute Gasteiger partial charge is 0.327 e. The molecule has 0 amide bonds. The maximum atomic E-state index is 13.1. The van der Waals surface area contributed by atoms with Gasteiger partial charge in [0.1, 0.15) is 5.54 Å². The van der Waals surface area contributed by atoms with Crippen molar-refractivity contribution in [3.05, 3.63) is 83.4 Å². The van der Waals surface area contributed by atoms with Crippen molar-refractivity contribution < 1.29 is 17.9 Å². The number of benzene rings is 2. The van der Waals surface area contributed by atoms with Crippen LogP contribution in [-0.4, -0.2) is 37.6 Å². The Morgan fingerprint density at radius 3 is 2.41 bits per heavy atom. The van der Waals surface area contributed by atoms with Crippen LogP contribution in [0, 0.1) is 5.92 Å². The molecule has 0 unspecified atom stereocenters. The van der Waals surface area contributed by atoms with Crippen LogP contribution < -0.4 is 0 Å². The first-order valence-electron chi connectivity index (χ1n) is 9.61. The second kappa shape index (κ2) is 6.37. The molecule has 7 heteroatoms. The van der Waals surface area contributed by atoms with Gasteiger partial charge in [-0.2, -0.15) is 12.7 Å². The van der Waals surface area contributed by atoms with Gasteiger partial charge in [-0.25, -0.2) is 0 Å². The van der Waals surface area contributed by atoms with Crippen LogP contribution >= 0.6 is 0 Å². The summed E-state index contributed by atoms with van der Waals surface area (Å²) in [7, 11) is -3.92. The van der Waals surface area contributed by atoms with Crippen LogP contribution in [-0.2, 0) is 25.3 Å². The summed E-state index contributed by atoms with van der Waals surface area (Å²) in [5, 5.41) is 0. The molecule has 29 heavy (non-hydrogen) atoms. The third kappa shape index (κ3) is 2.41. The molecule has 2 aromatic rings. The van der Waals surface area contributed by atoms with Crippen LogP contribution in [0.15, 0.2) is 76.7 Å². The molecule has 2 aromatic carbocycles. The standard InChI is InChI=1S/C22H20N2O4S/c1-2-28-21-22(17-11-7-4-8-12-17)20-16(14-24(22)29(26,27)23-21)13-18(25)19(20)15-9-5-3-6-10-15/h3-13,19-20H,2,14H2,1H3/t19-,20-,22-/m1/s1. The van der Waals surface area contributed by atoms with Crippen molar-refractivity contribution in [2.45, 2.75) is 18.4 Å². The van der Waals surface area contributed by atoms with Gasteiger partial charge in [-0.1, -0.05) is 60.7 Å². The Kier molecular flexibility index (Phi) is 4.01. The van der Waals surface area contributed by atoms with E-state index in [0.717, 1.165) is 16.7 Å². The number of fused-ring (bicyclic) bond motifs is 3. The van der Waals surface area contributed by atoms with Crippen molar-refractivity contribution in [1.29, 1.82) is 0 Å². The molecule has 5 rings (SSSR count). The number of carbonyl (C=O) groups excluding carboxylic acids is 1. The first-order valence-corrected chi connectivity index (χ1v) is 11.0. The van der Waals surface area contributed by atoms with Gasteiger partial charge < -0.3 is 4.74 Å². The van der Waals surface area contributed by atoms with Crippen molar-refractivity contribution in [3.8, 4) is 0 Å². The average Bonchev–Trinajstić information content (AvgIpc) is 3.29. The summed E-state index contributed by atoms with van der Waals surface area (Å²) in [5.74, 6) is -0.751. The maximum absolute atomic E-state index is 13.1. The second-order valence-corrected chi connectivity index (χ2v) is 8.95. The topological polar surface area (TPSA) is 76.0 Å². The van der Waals surface area contributed by atoms with E-state index in [1.165, 1.54) is 4.31 Å².